The van der Waals surface area contributed by atoms with Crippen LogP contribution in [0.1, 0.15) is 24.0 Å². The molecule has 0 radical (unpaired) electrons. The number of carbonyl (C=O) groups is 3. The first-order valence-corrected chi connectivity index (χ1v) is 11.2. The number of nitrogens with one attached hydrogen (secondary N) is 2. The smallest absolute Gasteiger partial charge is 0.324 e. The van der Waals surface area contributed by atoms with Crippen LogP contribution in [-0.2, 0) is 22.4 Å². The van der Waals surface area contributed by atoms with Crippen molar-refractivity contribution in [2.24, 2.45) is 0 Å². The lowest BCUT2D eigenvalue weighted by Gasteiger charge is -2.17. The largest absolute Gasteiger partial charge is 0.493 e. The Kier molecular flexibility index (Phi) is 8.86. The number of hydrogen-bond donors (Lipinski definition) is 3. The van der Waals surface area contributed by atoms with Gasteiger partial charge < -0.3 is 25.2 Å². The number of imide groups is 1. The van der Waals surface area contributed by atoms with E-state index in [2.05, 4.69) is 10.6 Å². The van der Waals surface area contributed by atoms with Crippen molar-refractivity contribution in [1.29, 1.82) is 0 Å². The summed E-state index contributed by atoms with van der Waals surface area (Å²) in [7, 11) is 3.10. The van der Waals surface area contributed by atoms with Crippen molar-refractivity contribution in [3.8, 4) is 11.5 Å². The quantitative estimate of drug-likeness (QED) is 0.407. The molecule has 1 saturated heterocycles. The third-order valence-electron chi connectivity index (χ3n) is 5.75. The molecule has 2 atom stereocenters. The van der Waals surface area contributed by atoms with Crippen LogP contribution in [0.25, 0.3) is 0 Å². The van der Waals surface area contributed by atoms with Gasteiger partial charge in [-0.25, -0.2) is 4.79 Å². The lowest BCUT2D eigenvalue weighted by Crippen LogP contribution is -2.40. The molecule has 0 saturated carbocycles. The van der Waals surface area contributed by atoms with Gasteiger partial charge >= 0.3 is 6.03 Å². The van der Waals surface area contributed by atoms with E-state index in [0.29, 0.717) is 24.3 Å². The molecule has 3 N–H and O–H groups in total. The Morgan fingerprint density at radius 3 is 2.50 bits per heavy atom. The number of methoxy groups -OCH3 is 2. The molecule has 1 aliphatic rings. The van der Waals surface area contributed by atoms with Gasteiger partial charge in [-0.15, -0.1) is 0 Å². The summed E-state index contributed by atoms with van der Waals surface area (Å²) < 4.78 is 10.5. The Labute approximate surface area is 199 Å². The highest BCUT2D eigenvalue weighted by atomic mass is 16.5. The zero-order chi connectivity index (χ0) is 24.5. The van der Waals surface area contributed by atoms with Crippen molar-refractivity contribution in [2.45, 2.75) is 37.8 Å². The average molecular weight is 470 g/mol. The van der Waals surface area contributed by atoms with Crippen molar-refractivity contribution in [3.05, 3.63) is 59.7 Å². The highest BCUT2D eigenvalue weighted by Crippen LogP contribution is 2.28. The fourth-order valence-corrected chi connectivity index (χ4v) is 3.90. The van der Waals surface area contributed by atoms with Gasteiger partial charge in [-0.3, -0.25) is 14.5 Å². The number of aliphatic hydroxyl groups is 1. The second kappa shape index (κ2) is 12.0. The molecule has 182 valence electrons. The molecular formula is C25H31N3O6. The van der Waals surface area contributed by atoms with Crippen LogP contribution in [0.4, 0.5) is 4.79 Å². The molecule has 4 amide bonds. The SMILES string of the molecule is COc1ccc(CCN2C(=O)NC(CCC(=O)N[C@H](CO)Cc3ccccc3)C2=O)cc1OC. The van der Waals surface area contributed by atoms with E-state index in [0.717, 1.165) is 11.1 Å². The van der Waals surface area contributed by atoms with Gasteiger partial charge in [0, 0.05) is 13.0 Å². The summed E-state index contributed by atoms with van der Waals surface area (Å²) in [6.07, 6.45) is 1.22. The first-order valence-electron chi connectivity index (χ1n) is 11.2. The van der Waals surface area contributed by atoms with E-state index in [4.69, 9.17) is 9.47 Å². The van der Waals surface area contributed by atoms with Crippen LogP contribution in [0, 0.1) is 0 Å². The van der Waals surface area contributed by atoms with Crippen molar-refractivity contribution in [1.82, 2.24) is 15.5 Å². The number of urea groups is 1. The van der Waals surface area contributed by atoms with Crippen LogP contribution in [0.15, 0.2) is 48.5 Å². The van der Waals surface area contributed by atoms with Crippen LogP contribution in [0.5, 0.6) is 11.5 Å². The van der Waals surface area contributed by atoms with Gasteiger partial charge in [-0.2, -0.15) is 0 Å². The maximum Gasteiger partial charge on any atom is 0.324 e. The minimum atomic E-state index is -0.745. The second-order valence-electron chi connectivity index (χ2n) is 8.11. The number of benzene rings is 2. The minimum Gasteiger partial charge on any atom is -0.493 e. The molecule has 34 heavy (non-hydrogen) atoms. The highest BCUT2D eigenvalue weighted by molar-refractivity contribution is 6.04. The van der Waals surface area contributed by atoms with Crippen LogP contribution in [0.3, 0.4) is 0 Å². The molecule has 1 aliphatic heterocycles. The fourth-order valence-electron chi connectivity index (χ4n) is 3.90. The van der Waals surface area contributed by atoms with Gasteiger partial charge in [0.2, 0.25) is 5.91 Å². The lowest BCUT2D eigenvalue weighted by atomic mass is 10.1. The monoisotopic (exact) mass is 469 g/mol. The van der Waals surface area contributed by atoms with Crippen molar-refractivity contribution < 1.29 is 29.0 Å². The zero-order valence-electron chi connectivity index (χ0n) is 19.5. The molecule has 0 aliphatic carbocycles. The Bertz CT molecular complexity index is 997. The Hall–Kier alpha value is -3.59. The summed E-state index contributed by atoms with van der Waals surface area (Å²) in [4.78, 5) is 38.6. The predicted molar refractivity (Wildman–Crippen MR) is 126 cm³/mol. The summed E-state index contributed by atoms with van der Waals surface area (Å²) in [6, 6.07) is 13.4. The molecule has 2 aromatic rings. The molecule has 1 heterocycles. The molecule has 1 unspecified atom stereocenters. The molecule has 9 heteroatoms. The van der Waals surface area contributed by atoms with Crippen LogP contribution in [-0.4, -0.2) is 67.3 Å². The van der Waals surface area contributed by atoms with Gasteiger partial charge in [0.15, 0.2) is 11.5 Å². The molecule has 3 rings (SSSR count). The normalized spacial score (nSPS) is 16.2. The third-order valence-corrected chi connectivity index (χ3v) is 5.75. The minimum absolute atomic E-state index is 0.0610. The van der Waals surface area contributed by atoms with Crippen molar-refractivity contribution in [3.63, 3.8) is 0 Å². The number of hydrogen-bond acceptors (Lipinski definition) is 6. The molecular weight excluding hydrogens is 438 g/mol. The Morgan fingerprint density at radius 1 is 1.09 bits per heavy atom. The van der Waals surface area contributed by atoms with Gasteiger partial charge in [0.05, 0.1) is 26.9 Å². The first kappa shape index (κ1) is 25.0. The maximum atomic E-state index is 12.7. The summed E-state index contributed by atoms with van der Waals surface area (Å²) in [5, 5.41) is 15.0. The summed E-state index contributed by atoms with van der Waals surface area (Å²) >= 11 is 0. The average Bonchev–Trinajstić information content (AvgIpc) is 3.13. The zero-order valence-corrected chi connectivity index (χ0v) is 19.5. The molecule has 0 bridgehead atoms. The molecule has 1 fully saturated rings. The van der Waals surface area contributed by atoms with Crippen LogP contribution < -0.4 is 20.1 Å². The van der Waals surface area contributed by atoms with Gasteiger partial charge in [-0.1, -0.05) is 36.4 Å². The van der Waals surface area contributed by atoms with Gasteiger partial charge in [-0.05, 0) is 42.5 Å². The van der Waals surface area contributed by atoms with E-state index < -0.39 is 18.1 Å². The number of amides is 4. The number of nitrogens with zero attached hydrogens (tertiary/aromatic N) is 1. The Morgan fingerprint density at radius 2 is 1.82 bits per heavy atom. The molecule has 9 nitrogen and oxygen atoms in total. The van der Waals surface area contributed by atoms with Crippen LogP contribution in [0.2, 0.25) is 0 Å². The van der Waals surface area contributed by atoms with E-state index in [-0.39, 0.29) is 37.8 Å². The maximum absolute atomic E-state index is 12.7. The molecule has 2 aromatic carbocycles. The van der Waals surface area contributed by atoms with E-state index >= 15 is 0 Å². The Balaban J connectivity index is 1.48. The topological polar surface area (TPSA) is 117 Å². The lowest BCUT2D eigenvalue weighted by molar-refractivity contribution is -0.127. The summed E-state index contributed by atoms with van der Waals surface area (Å²) in [5.41, 5.74) is 1.90. The predicted octanol–water partition coefficient (Wildman–Crippen LogP) is 1.67. The van der Waals surface area contributed by atoms with E-state index in [1.807, 2.05) is 42.5 Å². The van der Waals surface area contributed by atoms with E-state index in [1.165, 1.54) is 4.90 Å². The third kappa shape index (κ3) is 6.48. The van der Waals surface area contributed by atoms with E-state index in [9.17, 15) is 19.5 Å². The molecule has 0 aromatic heterocycles. The fraction of sp³-hybridized carbons (Fsp3) is 0.400. The van der Waals surface area contributed by atoms with Crippen molar-refractivity contribution >= 4 is 17.8 Å². The number of aliphatic hydroxyl groups excluding tert-OH is 1. The first-order chi connectivity index (χ1) is 16.4. The second-order valence-corrected chi connectivity index (χ2v) is 8.11. The van der Waals surface area contributed by atoms with E-state index in [1.54, 1.807) is 20.3 Å². The van der Waals surface area contributed by atoms with Gasteiger partial charge in [0.1, 0.15) is 6.04 Å². The van der Waals surface area contributed by atoms with Gasteiger partial charge in [0.25, 0.3) is 5.91 Å². The number of ether oxygens (including phenoxy) is 2. The highest BCUT2D eigenvalue weighted by Gasteiger charge is 2.37. The van der Waals surface area contributed by atoms with Crippen molar-refractivity contribution in [2.75, 3.05) is 27.4 Å². The number of carbonyl (C=O) groups excluding carboxylic acids is 3. The summed E-state index contributed by atoms with van der Waals surface area (Å²) in [5.74, 6) is 0.559. The number of rotatable bonds is 12. The standard InChI is InChI=1S/C25H31N3O6/c1-33-21-10-8-18(15-22(21)34-2)12-13-28-24(31)20(27-25(28)32)9-11-23(30)26-19(16-29)14-17-6-4-3-5-7-17/h3-8,10,15,19-20,29H,9,11-14,16H2,1-2H3,(H,26,30)(H,27,32)/t19-,20?/m0/s1. The summed E-state index contributed by atoms with van der Waals surface area (Å²) in [6.45, 7) is 0.0240. The van der Waals surface area contributed by atoms with Crippen LogP contribution >= 0.6 is 0 Å². The molecule has 0 spiro atoms.